The molecule has 0 bridgehead atoms. The van der Waals surface area contributed by atoms with Gasteiger partial charge in [-0.25, -0.2) is 8.42 Å². The van der Waals surface area contributed by atoms with Crippen molar-refractivity contribution in [1.29, 1.82) is 0 Å². The van der Waals surface area contributed by atoms with Gasteiger partial charge in [-0.1, -0.05) is 0 Å². The van der Waals surface area contributed by atoms with Crippen molar-refractivity contribution in [2.45, 2.75) is 50.2 Å². The maximum Gasteiger partial charge on any atom is 0.252 e. The Morgan fingerprint density at radius 2 is 2.20 bits per heavy atom. The molecule has 5 nitrogen and oxygen atoms in total. The number of hydrogen-bond acceptors (Lipinski definition) is 5. The lowest BCUT2D eigenvalue weighted by Crippen LogP contribution is -2.53. The molecule has 0 spiro atoms. The van der Waals surface area contributed by atoms with Gasteiger partial charge in [0.2, 0.25) is 0 Å². The van der Waals surface area contributed by atoms with Crippen molar-refractivity contribution in [1.82, 2.24) is 4.31 Å². The van der Waals surface area contributed by atoms with E-state index in [9.17, 15) is 13.5 Å². The summed E-state index contributed by atoms with van der Waals surface area (Å²) in [7, 11) is -3.52. The molecule has 7 heteroatoms. The van der Waals surface area contributed by atoms with Crippen LogP contribution in [0.3, 0.4) is 0 Å². The predicted molar refractivity (Wildman–Crippen MR) is 78.4 cm³/mol. The molecule has 114 valence electrons. The fourth-order valence-corrected chi connectivity index (χ4v) is 5.75. The highest BCUT2D eigenvalue weighted by Crippen LogP contribution is 2.31. The largest absolute Gasteiger partial charge is 0.391 e. The summed E-state index contributed by atoms with van der Waals surface area (Å²) >= 11 is 1.14. The fourth-order valence-electron chi connectivity index (χ4n) is 2.48. The van der Waals surface area contributed by atoms with E-state index < -0.39 is 15.6 Å². The summed E-state index contributed by atoms with van der Waals surface area (Å²) < 4.78 is 32.9. The first-order valence-corrected chi connectivity index (χ1v) is 8.79. The van der Waals surface area contributed by atoms with E-state index in [0.717, 1.165) is 16.9 Å². The average molecular weight is 319 g/mol. The van der Waals surface area contributed by atoms with Gasteiger partial charge in [0.1, 0.15) is 4.21 Å². The van der Waals surface area contributed by atoms with Crippen LogP contribution >= 0.6 is 11.3 Å². The second kappa shape index (κ2) is 5.38. The summed E-state index contributed by atoms with van der Waals surface area (Å²) in [6.45, 7) is 8.04. The molecule has 0 aliphatic carbocycles. The summed E-state index contributed by atoms with van der Waals surface area (Å²) in [5.74, 6) is 0. The highest BCUT2D eigenvalue weighted by Gasteiger charge is 2.38. The zero-order valence-electron chi connectivity index (χ0n) is 12.2. The smallest absolute Gasteiger partial charge is 0.252 e. The molecular formula is C13H21NO4S2. The van der Waals surface area contributed by atoms with Crippen molar-refractivity contribution < 1.29 is 18.3 Å². The molecule has 0 amide bonds. The van der Waals surface area contributed by atoms with Gasteiger partial charge < -0.3 is 9.84 Å². The molecule has 0 radical (unpaired) electrons. The molecule has 2 rings (SSSR count). The topological polar surface area (TPSA) is 66.8 Å². The maximum absolute atomic E-state index is 12.7. The van der Waals surface area contributed by atoms with Crippen LogP contribution in [0, 0.1) is 6.92 Å². The number of sulfonamides is 1. The van der Waals surface area contributed by atoms with Gasteiger partial charge in [0.25, 0.3) is 10.0 Å². The molecule has 2 heterocycles. The molecular weight excluding hydrogens is 298 g/mol. The van der Waals surface area contributed by atoms with E-state index in [0.29, 0.717) is 22.2 Å². The third-order valence-electron chi connectivity index (χ3n) is 3.27. The molecule has 1 aromatic rings. The van der Waals surface area contributed by atoms with E-state index in [2.05, 4.69) is 0 Å². The van der Waals surface area contributed by atoms with Crippen LogP contribution in [0.4, 0.5) is 0 Å². The number of rotatable bonds is 3. The molecule has 1 aromatic heterocycles. The van der Waals surface area contributed by atoms with Crippen LogP contribution in [0.1, 0.15) is 31.2 Å². The number of aliphatic hydroxyl groups excluding tert-OH is 1. The van der Waals surface area contributed by atoms with Crippen molar-refractivity contribution in [3.63, 3.8) is 0 Å². The Kier molecular flexibility index (Phi) is 4.28. The first kappa shape index (κ1) is 15.9. The standard InChI is InChI=1S/C13H21NO4S2/c1-9-5-12(19-11(9)7-15)20(16,17)14-6-10(2)18-13(3,4)8-14/h5,10,15H,6-8H2,1-4H3. The van der Waals surface area contributed by atoms with E-state index in [1.165, 1.54) is 4.31 Å². The lowest BCUT2D eigenvalue weighted by Gasteiger charge is -2.40. The Morgan fingerprint density at radius 3 is 2.70 bits per heavy atom. The summed E-state index contributed by atoms with van der Waals surface area (Å²) in [6.07, 6.45) is -0.133. The number of aryl methyl sites for hydroxylation is 1. The molecule has 1 aliphatic heterocycles. The lowest BCUT2D eigenvalue weighted by atomic mass is 10.1. The Morgan fingerprint density at radius 1 is 1.55 bits per heavy atom. The van der Waals surface area contributed by atoms with Crippen LogP contribution in [0.25, 0.3) is 0 Å². The van der Waals surface area contributed by atoms with Crippen molar-refractivity contribution in [2.24, 2.45) is 0 Å². The summed E-state index contributed by atoms with van der Waals surface area (Å²) in [4.78, 5) is 0.698. The van der Waals surface area contributed by atoms with Gasteiger partial charge in [-0.05, 0) is 39.3 Å². The van der Waals surface area contributed by atoms with E-state index in [1.807, 2.05) is 27.7 Å². The molecule has 0 saturated carbocycles. The number of aliphatic hydroxyl groups is 1. The van der Waals surface area contributed by atoms with Crippen LogP contribution in [0.2, 0.25) is 0 Å². The van der Waals surface area contributed by atoms with E-state index >= 15 is 0 Å². The Balaban J connectivity index is 2.34. The summed E-state index contributed by atoms with van der Waals surface area (Å²) in [6, 6.07) is 1.64. The molecule has 1 unspecified atom stereocenters. The molecule has 1 N–H and O–H groups in total. The minimum Gasteiger partial charge on any atom is -0.391 e. The number of ether oxygens (including phenoxy) is 1. The van der Waals surface area contributed by atoms with Crippen LogP contribution in [0.5, 0.6) is 0 Å². The second-order valence-electron chi connectivity index (χ2n) is 5.82. The number of nitrogens with zero attached hydrogens (tertiary/aromatic N) is 1. The molecule has 1 saturated heterocycles. The average Bonchev–Trinajstić information content (AvgIpc) is 2.68. The normalized spacial score (nSPS) is 23.9. The minimum atomic E-state index is -3.52. The Labute approximate surface area is 124 Å². The maximum atomic E-state index is 12.7. The van der Waals surface area contributed by atoms with Crippen molar-refractivity contribution in [3.05, 3.63) is 16.5 Å². The fraction of sp³-hybridized carbons (Fsp3) is 0.692. The quantitative estimate of drug-likeness (QED) is 0.921. The van der Waals surface area contributed by atoms with Gasteiger partial charge in [-0.15, -0.1) is 11.3 Å². The minimum absolute atomic E-state index is 0.128. The predicted octanol–water partition coefficient (Wildman–Crippen LogP) is 1.74. The van der Waals surface area contributed by atoms with Gasteiger partial charge in [-0.3, -0.25) is 0 Å². The zero-order valence-corrected chi connectivity index (χ0v) is 13.8. The Hall–Kier alpha value is -0.470. The third kappa shape index (κ3) is 3.07. The molecule has 20 heavy (non-hydrogen) atoms. The molecule has 1 atom stereocenters. The summed E-state index contributed by atoms with van der Waals surface area (Å²) in [5, 5.41) is 9.21. The second-order valence-corrected chi connectivity index (χ2v) is 9.12. The molecule has 1 fully saturated rings. The summed E-state index contributed by atoms with van der Waals surface area (Å²) in [5.41, 5.74) is 0.327. The van der Waals surface area contributed by atoms with E-state index in [-0.39, 0.29) is 12.7 Å². The van der Waals surface area contributed by atoms with Crippen molar-refractivity contribution in [3.8, 4) is 0 Å². The molecule has 1 aliphatic rings. The van der Waals surface area contributed by atoms with E-state index in [1.54, 1.807) is 6.07 Å². The van der Waals surface area contributed by atoms with Crippen LogP contribution in [-0.2, 0) is 21.4 Å². The van der Waals surface area contributed by atoms with Gasteiger partial charge in [-0.2, -0.15) is 4.31 Å². The van der Waals surface area contributed by atoms with Crippen LogP contribution < -0.4 is 0 Å². The first-order valence-electron chi connectivity index (χ1n) is 6.54. The first-order chi connectivity index (χ1) is 9.15. The van der Waals surface area contributed by atoms with Crippen LogP contribution in [-0.4, -0.2) is 42.6 Å². The number of hydrogen-bond donors (Lipinski definition) is 1. The van der Waals surface area contributed by atoms with Crippen LogP contribution in [0.15, 0.2) is 10.3 Å². The lowest BCUT2D eigenvalue weighted by molar-refractivity contribution is -0.109. The van der Waals surface area contributed by atoms with Crippen molar-refractivity contribution >= 4 is 21.4 Å². The molecule has 0 aromatic carbocycles. The third-order valence-corrected chi connectivity index (χ3v) is 6.76. The van der Waals surface area contributed by atoms with E-state index in [4.69, 9.17) is 4.74 Å². The number of thiophene rings is 1. The van der Waals surface area contributed by atoms with Gasteiger partial charge >= 0.3 is 0 Å². The van der Waals surface area contributed by atoms with Crippen molar-refractivity contribution in [2.75, 3.05) is 13.1 Å². The van der Waals surface area contributed by atoms with Gasteiger partial charge in [0, 0.05) is 18.0 Å². The monoisotopic (exact) mass is 319 g/mol. The SMILES string of the molecule is Cc1cc(S(=O)(=O)N2CC(C)OC(C)(C)C2)sc1CO. The highest BCUT2D eigenvalue weighted by atomic mass is 32.2. The number of morpholine rings is 1. The Bertz CT molecular complexity index is 592. The van der Waals surface area contributed by atoms with Gasteiger partial charge in [0.05, 0.1) is 18.3 Å². The highest BCUT2D eigenvalue weighted by molar-refractivity contribution is 7.91. The van der Waals surface area contributed by atoms with Gasteiger partial charge in [0.15, 0.2) is 0 Å². The zero-order chi connectivity index (χ0) is 15.1.